The van der Waals surface area contributed by atoms with Crippen LogP contribution in [0.1, 0.15) is 24.0 Å². The number of hydrogen-bond acceptors (Lipinski definition) is 4. The lowest BCUT2D eigenvalue weighted by Crippen LogP contribution is -2.49. The van der Waals surface area contributed by atoms with Gasteiger partial charge < -0.3 is 10.4 Å². The van der Waals surface area contributed by atoms with Gasteiger partial charge in [-0.1, -0.05) is 30.3 Å². The first-order chi connectivity index (χ1) is 12.4. The molecule has 1 aliphatic carbocycles. The Morgan fingerprint density at radius 2 is 2.00 bits per heavy atom. The van der Waals surface area contributed by atoms with Crippen molar-refractivity contribution in [2.45, 2.75) is 44.9 Å². The summed E-state index contributed by atoms with van der Waals surface area (Å²) in [7, 11) is 0. The van der Waals surface area contributed by atoms with E-state index in [1.54, 1.807) is 6.92 Å². The standard InChI is InChI=1S/C19H23N3O4/c1-12-10-22(19(26)21-18(12)25)11-17(24)20-16(14-8-15(23)9-14)7-13-5-3-2-4-6-13/h2-6,10,14-16,23H,7-9,11H2,1H3,(H,20,24)(H,21,25,26). The minimum Gasteiger partial charge on any atom is -0.393 e. The summed E-state index contributed by atoms with van der Waals surface area (Å²) in [6.07, 6.45) is 3.08. The maximum absolute atomic E-state index is 12.5. The largest absolute Gasteiger partial charge is 0.393 e. The summed E-state index contributed by atoms with van der Waals surface area (Å²) in [6, 6.07) is 9.75. The highest BCUT2D eigenvalue weighted by atomic mass is 16.3. The van der Waals surface area contributed by atoms with Gasteiger partial charge in [0.1, 0.15) is 6.54 Å². The zero-order chi connectivity index (χ0) is 18.7. The molecule has 0 saturated heterocycles. The van der Waals surface area contributed by atoms with E-state index in [4.69, 9.17) is 0 Å². The predicted molar refractivity (Wildman–Crippen MR) is 96.9 cm³/mol. The molecule has 1 amide bonds. The molecule has 2 aromatic rings. The molecule has 1 atom stereocenters. The zero-order valence-electron chi connectivity index (χ0n) is 14.6. The Labute approximate surface area is 150 Å². The van der Waals surface area contributed by atoms with E-state index in [0.29, 0.717) is 24.8 Å². The van der Waals surface area contributed by atoms with Crippen molar-refractivity contribution in [3.63, 3.8) is 0 Å². The van der Waals surface area contributed by atoms with Crippen LogP contribution in [0.2, 0.25) is 0 Å². The molecule has 0 bridgehead atoms. The Balaban J connectivity index is 1.70. The van der Waals surface area contributed by atoms with Crippen LogP contribution < -0.4 is 16.6 Å². The summed E-state index contributed by atoms with van der Waals surface area (Å²) in [5, 5.41) is 12.6. The van der Waals surface area contributed by atoms with Crippen molar-refractivity contribution in [1.82, 2.24) is 14.9 Å². The first-order valence-electron chi connectivity index (χ1n) is 8.74. The smallest absolute Gasteiger partial charge is 0.328 e. The highest BCUT2D eigenvalue weighted by Gasteiger charge is 2.34. The highest BCUT2D eigenvalue weighted by molar-refractivity contribution is 5.76. The maximum Gasteiger partial charge on any atom is 0.328 e. The third kappa shape index (κ3) is 4.29. The van der Waals surface area contributed by atoms with Crippen LogP contribution >= 0.6 is 0 Å². The fraction of sp³-hybridized carbons (Fsp3) is 0.421. The number of carbonyl (C=O) groups excluding carboxylic acids is 1. The van der Waals surface area contributed by atoms with Crippen LogP contribution in [-0.2, 0) is 17.8 Å². The van der Waals surface area contributed by atoms with Crippen LogP contribution in [0.3, 0.4) is 0 Å². The Bertz CT molecular complexity index is 882. The van der Waals surface area contributed by atoms with E-state index in [1.165, 1.54) is 10.8 Å². The number of aromatic amines is 1. The van der Waals surface area contributed by atoms with E-state index in [2.05, 4.69) is 10.3 Å². The number of aryl methyl sites for hydroxylation is 1. The summed E-state index contributed by atoms with van der Waals surface area (Å²) in [5.41, 5.74) is 0.433. The highest BCUT2D eigenvalue weighted by Crippen LogP contribution is 2.31. The van der Waals surface area contributed by atoms with E-state index >= 15 is 0 Å². The fourth-order valence-electron chi connectivity index (χ4n) is 3.31. The summed E-state index contributed by atoms with van der Waals surface area (Å²) >= 11 is 0. The molecule has 1 aromatic heterocycles. The lowest BCUT2D eigenvalue weighted by atomic mass is 9.75. The van der Waals surface area contributed by atoms with Crippen molar-refractivity contribution in [1.29, 1.82) is 0 Å². The molecular weight excluding hydrogens is 334 g/mol. The molecule has 26 heavy (non-hydrogen) atoms. The molecule has 0 aliphatic heterocycles. The number of amides is 1. The van der Waals surface area contributed by atoms with Crippen LogP contribution in [0.15, 0.2) is 46.1 Å². The quantitative estimate of drug-likeness (QED) is 0.694. The molecule has 1 saturated carbocycles. The minimum atomic E-state index is -0.602. The summed E-state index contributed by atoms with van der Waals surface area (Å²) in [6.45, 7) is 1.43. The van der Waals surface area contributed by atoms with Gasteiger partial charge in [0.15, 0.2) is 0 Å². The lowest BCUT2D eigenvalue weighted by Gasteiger charge is -2.38. The second kappa shape index (κ2) is 7.70. The number of H-pyrrole nitrogens is 1. The van der Waals surface area contributed by atoms with Gasteiger partial charge in [0, 0.05) is 17.8 Å². The normalized spacial score (nSPS) is 20.2. The average Bonchev–Trinajstić information content (AvgIpc) is 2.57. The molecule has 7 nitrogen and oxygen atoms in total. The van der Waals surface area contributed by atoms with Crippen molar-refractivity contribution in [2.24, 2.45) is 5.92 Å². The van der Waals surface area contributed by atoms with Crippen LogP contribution in [0, 0.1) is 12.8 Å². The SMILES string of the molecule is Cc1cn(CC(=O)NC(Cc2ccccc2)C2CC(O)C2)c(=O)[nH]c1=O. The first kappa shape index (κ1) is 18.1. The topological polar surface area (TPSA) is 104 Å². The Morgan fingerprint density at radius 3 is 2.65 bits per heavy atom. The van der Waals surface area contributed by atoms with Gasteiger partial charge in [0.25, 0.3) is 5.56 Å². The van der Waals surface area contributed by atoms with Gasteiger partial charge in [-0.15, -0.1) is 0 Å². The maximum atomic E-state index is 12.5. The van der Waals surface area contributed by atoms with Gasteiger partial charge in [0.2, 0.25) is 5.91 Å². The van der Waals surface area contributed by atoms with Crippen molar-refractivity contribution in [3.05, 3.63) is 68.5 Å². The molecule has 3 N–H and O–H groups in total. The third-order valence-electron chi connectivity index (χ3n) is 4.87. The number of benzene rings is 1. The van der Waals surface area contributed by atoms with Crippen LogP contribution in [0.25, 0.3) is 0 Å². The van der Waals surface area contributed by atoms with Crippen LogP contribution in [0.5, 0.6) is 0 Å². The minimum absolute atomic E-state index is 0.104. The molecule has 1 fully saturated rings. The van der Waals surface area contributed by atoms with Gasteiger partial charge >= 0.3 is 5.69 Å². The average molecular weight is 357 g/mol. The number of aliphatic hydroxyl groups excluding tert-OH is 1. The third-order valence-corrected chi connectivity index (χ3v) is 4.87. The van der Waals surface area contributed by atoms with Gasteiger partial charge in [0.05, 0.1) is 6.10 Å². The molecule has 1 aromatic carbocycles. The van der Waals surface area contributed by atoms with E-state index in [1.807, 2.05) is 30.3 Å². The number of rotatable bonds is 6. The Hall–Kier alpha value is -2.67. The van der Waals surface area contributed by atoms with E-state index in [-0.39, 0.29) is 30.5 Å². The second-order valence-corrected chi connectivity index (χ2v) is 6.95. The fourth-order valence-corrected chi connectivity index (χ4v) is 3.31. The van der Waals surface area contributed by atoms with Gasteiger partial charge in [-0.2, -0.15) is 0 Å². The second-order valence-electron chi connectivity index (χ2n) is 6.95. The van der Waals surface area contributed by atoms with Crippen molar-refractivity contribution in [3.8, 4) is 0 Å². The van der Waals surface area contributed by atoms with Crippen molar-refractivity contribution >= 4 is 5.91 Å². The Morgan fingerprint density at radius 1 is 1.31 bits per heavy atom. The molecule has 1 heterocycles. The number of nitrogens with one attached hydrogen (secondary N) is 2. The lowest BCUT2D eigenvalue weighted by molar-refractivity contribution is -0.123. The molecular formula is C19H23N3O4. The molecule has 138 valence electrons. The van der Waals surface area contributed by atoms with Gasteiger partial charge in [-0.05, 0) is 37.7 Å². The summed E-state index contributed by atoms with van der Waals surface area (Å²) < 4.78 is 1.20. The zero-order valence-corrected chi connectivity index (χ0v) is 14.6. The first-order valence-corrected chi connectivity index (χ1v) is 8.74. The molecule has 3 rings (SSSR count). The summed E-state index contributed by atoms with van der Waals surface area (Å²) in [5.74, 6) is -0.0796. The van der Waals surface area contributed by atoms with E-state index in [0.717, 1.165) is 5.56 Å². The number of carbonyl (C=O) groups is 1. The van der Waals surface area contributed by atoms with Crippen LogP contribution in [-0.4, -0.2) is 32.7 Å². The molecule has 7 heteroatoms. The number of aromatic nitrogens is 2. The van der Waals surface area contributed by atoms with E-state index < -0.39 is 11.2 Å². The molecule has 0 radical (unpaired) electrons. The number of aliphatic hydroxyl groups is 1. The molecule has 1 unspecified atom stereocenters. The summed E-state index contributed by atoms with van der Waals surface area (Å²) in [4.78, 5) is 37.9. The molecule has 0 spiro atoms. The van der Waals surface area contributed by atoms with Crippen molar-refractivity contribution in [2.75, 3.05) is 0 Å². The van der Waals surface area contributed by atoms with Gasteiger partial charge in [-0.25, -0.2) is 4.79 Å². The number of hydrogen-bond donors (Lipinski definition) is 3. The number of nitrogens with zero attached hydrogens (tertiary/aromatic N) is 1. The Kier molecular flexibility index (Phi) is 5.37. The van der Waals surface area contributed by atoms with Crippen molar-refractivity contribution < 1.29 is 9.90 Å². The molecule has 1 aliphatic rings. The monoisotopic (exact) mass is 357 g/mol. The van der Waals surface area contributed by atoms with Gasteiger partial charge in [-0.3, -0.25) is 19.1 Å². The van der Waals surface area contributed by atoms with Crippen LogP contribution in [0.4, 0.5) is 0 Å². The van der Waals surface area contributed by atoms with E-state index in [9.17, 15) is 19.5 Å². The predicted octanol–water partition coefficient (Wildman–Crippen LogP) is 0.343.